The zero-order valence-corrected chi connectivity index (χ0v) is 18.6. The van der Waals surface area contributed by atoms with Crippen LogP contribution in [0.2, 0.25) is 0 Å². The van der Waals surface area contributed by atoms with E-state index in [-0.39, 0.29) is 36.8 Å². The normalized spacial score (nSPS) is 11.4. The van der Waals surface area contributed by atoms with Crippen molar-refractivity contribution in [2.75, 3.05) is 6.54 Å². The van der Waals surface area contributed by atoms with Gasteiger partial charge in [0.25, 0.3) is 0 Å². The van der Waals surface area contributed by atoms with Crippen LogP contribution in [0, 0.1) is 0 Å². The smallest absolute Gasteiger partial charge is 0.406 e. The second-order valence-corrected chi connectivity index (χ2v) is 8.63. The molecule has 0 unspecified atom stereocenters. The third-order valence-electron chi connectivity index (χ3n) is 4.89. The molecule has 0 saturated carbocycles. The lowest BCUT2D eigenvalue weighted by Crippen LogP contribution is -2.31. The minimum atomic E-state index is -4.77. The third-order valence-corrected chi connectivity index (χ3v) is 5.91. The van der Waals surface area contributed by atoms with E-state index in [9.17, 15) is 22.8 Å². The topological polar surface area (TPSA) is 68.3 Å². The Morgan fingerprint density at radius 1 is 0.912 bits per heavy atom. The zero-order valence-electron chi connectivity index (χ0n) is 17.8. The highest BCUT2D eigenvalue weighted by Crippen LogP contribution is 2.28. The van der Waals surface area contributed by atoms with Gasteiger partial charge in [0.1, 0.15) is 10.8 Å². The van der Waals surface area contributed by atoms with E-state index < -0.39 is 6.36 Å². The number of amides is 1. The van der Waals surface area contributed by atoms with Crippen LogP contribution in [0.25, 0.3) is 21.3 Å². The van der Waals surface area contributed by atoms with Crippen LogP contribution in [0.4, 0.5) is 13.2 Å². The molecule has 9 heteroatoms. The van der Waals surface area contributed by atoms with Crippen LogP contribution in [-0.4, -0.2) is 29.6 Å². The van der Waals surface area contributed by atoms with Crippen molar-refractivity contribution in [3.05, 3.63) is 83.4 Å². The highest BCUT2D eigenvalue weighted by atomic mass is 32.1. The van der Waals surface area contributed by atoms with Gasteiger partial charge in [-0.05, 0) is 41.0 Å². The number of rotatable bonds is 8. The summed E-state index contributed by atoms with van der Waals surface area (Å²) in [5.74, 6) is -0.956. The number of benzene rings is 3. The van der Waals surface area contributed by atoms with Crippen molar-refractivity contribution in [1.29, 1.82) is 0 Å². The maximum absolute atomic E-state index is 12.3. The average molecular weight is 484 g/mol. The van der Waals surface area contributed by atoms with Gasteiger partial charge in [0.15, 0.2) is 5.78 Å². The molecule has 5 nitrogen and oxygen atoms in total. The molecule has 1 amide bonds. The molecule has 0 bridgehead atoms. The molecule has 0 aliphatic rings. The van der Waals surface area contributed by atoms with E-state index in [0.717, 1.165) is 33.5 Å². The molecule has 4 rings (SSSR count). The van der Waals surface area contributed by atoms with Gasteiger partial charge in [-0.3, -0.25) is 9.59 Å². The van der Waals surface area contributed by atoms with Crippen molar-refractivity contribution in [3.63, 3.8) is 0 Å². The summed E-state index contributed by atoms with van der Waals surface area (Å²) in [6.07, 6.45) is -4.73. The number of nitrogens with one attached hydrogen (secondary N) is 1. The van der Waals surface area contributed by atoms with Crippen molar-refractivity contribution in [3.8, 4) is 16.9 Å². The van der Waals surface area contributed by atoms with Crippen LogP contribution in [0.1, 0.15) is 10.6 Å². The minimum Gasteiger partial charge on any atom is -0.406 e. The first-order chi connectivity index (χ1) is 16.2. The first kappa shape index (κ1) is 23.4. The Balaban J connectivity index is 1.29. The van der Waals surface area contributed by atoms with Gasteiger partial charge in [0, 0.05) is 6.42 Å². The lowest BCUT2D eigenvalue weighted by atomic mass is 10.1. The quantitative estimate of drug-likeness (QED) is 0.367. The molecular weight excluding hydrogens is 465 g/mol. The molecule has 1 N–H and O–H groups in total. The van der Waals surface area contributed by atoms with Gasteiger partial charge < -0.3 is 10.1 Å². The number of carbonyl (C=O) groups is 2. The zero-order chi connectivity index (χ0) is 24.1. The van der Waals surface area contributed by atoms with Gasteiger partial charge in [-0.1, -0.05) is 48.5 Å². The number of aromatic nitrogens is 1. The van der Waals surface area contributed by atoms with Crippen LogP contribution in [0.3, 0.4) is 0 Å². The standard InChI is InChI=1S/C25H19F3N2O3S/c26-25(27,28)33-20-9-6-16(7-10-20)12-19(31)15-29-23(32)14-24-30-21-11-8-18(13-22(21)34-24)17-4-2-1-3-5-17/h1-11,13H,12,14-15H2,(H,29,32). The Kier molecular flexibility index (Phi) is 6.93. The third kappa shape index (κ3) is 6.41. The van der Waals surface area contributed by atoms with Crippen LogP contribution < -0.4 is 10.1 Å². The fraction of sp³-hybridized carbons (Fsp3) is 0.160. The number of ether oxygens (including phenoxy) is 1. The largest absolute Gasteiger partial charge is 0.573 e. The highest BCUT2D eigenvalue weighted by Gasteiger charge is 2.30. The summed E-state index contributed by atoms with van der Waals surface area (Å²) >= 11 is 1.43. The Hall–Kier alpha value is -3.72. The molecule has 0 aliphatic heterocycles. The van der Waals surface area contributed by atoms with Crippen molar-refractivity contribution < 1.29 is 27.5 Å². The minimum absolute atomic E-state index is 0.0179. The van der Waals surface area contributed by atoms with Crippen LogP contribution in [-0.2, 0) is 22.4 Å². The molecule has 0 radical (unpaired) electrons. The van der Waals surface area contributed by atoms with E-state index in [2.05, 4.69) is 15.0 Å². The molecule has 0 atom stereocenters. The summed E-state index contributed by atoms with van der Waals surface area (Å²) in [7, 11) is 0. The first-order valence-electron chi connectivity index (χ1n) is 10.3. The Labute approximate surface area is 197 Å². The molecule has 34 heavy (non-hydrogen) atoms. The highest BCUT2D eigenvalue weighted by molar-refractivity contribution is 7.18. The van der Waals surface area contributed by atoms with Gasteiger partial charge in [0.05, 0.1) is 23.2 Å². The fourth-order valence-electron chi connectivity index (χ4n) is 3.35. The Morgan fingerprint density at radius 3 is 2.35 bits per heavy atom. The summed E-state index contributed by atoms with van der Waals surface area (Å²) in [6, 6.07) is 21.0. The molecule has 0 saturated heterocycles. The summed E-state index contributed by atoms with van der Waals surface area (Å²) in [5, 5.41) is 3.22. The number of thiazole rings is 1. The molecule has 4 aromatic rings. The lowest BCUT2D eigenvalue weighted by Gasteiger charge is -2.09. The maximum atomic E-state index is 12.3. The maximum Gasteiger partial charge on any atom is 0.573 e. The predicted molar refractivity (Wildman–Crippen MR) is 124 cm³/mol. The number of fused-ring (bicyclic) bond motifs is 1. The van der Waals surface area contributed by atoms with E-state index in [1.54, 1.807) is 0 Å². The summed E-state index contributed by atoms with van der Waals surface area (Å²) in [4.78, 5) is 28.9. The first-order valence-corrected chi connectivity index (χ1v) is 11.1. The van der Waals surface area contributed by atoms with Crippen molar-refractivity contribution >= 4 is 33.2 Å². The Bertz CT molecular complexity index is 1300. The van der Waals surface area contributed by atoms with Gasteiger partial charge in [0.2, 0.25) is 5.91 Å². The molecule has 3 aromatic carbocycles. The predicted octanol–water partition coefficient (Wildman–Crippen LogP) is 5.33. The van der Waals surface area contributed by atoms with Crippen molar-refractivity contribution in [2.45, 2.75) is 19.2 Å². The number of hydrogen-bond donors (Lipinski definition) is 1. The average Bonchev–Trinajstić information content (AvgIpc) is 3.20. The Morgan fingerprint density at radius 2 is 1.65 bits per heavy atom. The fourth-order valence-corrected chi connectivity index (χ4v) is 4.36. The van der Waals surface area contributed by atoms with Crippen molar-refractivity contribution in [1.82, 2.24) is 10.3 Å². The number of carbonyl (C=O) groups excluding carboxylic acids is 2. The number of nitrogens with zero attached hydrogens (tertiary/aromatic N) is 1. The van der Waals surface area contributed by atoms with E-state index in [1.165, 1.54) is 23.5 Å². The number of halogens is 3. The second kappa shape index (κ2) is 10.0. The van der Waals surface area contributed by atoms with Gasteiger partial charge in [-0.15, -0.1) is 24.5 Å². The van der Waals surface area contributed by atoms with E-state index >= 15 is 0 Å². The van der Waals surface area contributed by atoms with Crippen molar-refractivity contribution in [2.24, 2.45) is 0 Å². The molecule has 0 aliphatic carbocycles. The summed E-state index contributed by atoms with van der Waals surface area (Å²) < 4.78 is 41.4. The second-order valence-electron chi connectivity index (χ2n) is 7.52. The molecule has 0 spiro atoms. The van der Waals surface area contributed by atoms with Crippen LogP contribution in [0.5, 0.6) is 5.75 Å². The molecular formula is C25H19F3N2O3S. The van der Waals surface area contributed by atoms with E-state index in [4.69, 9.17) is 0 Å². The van der Waals surface area contributed by atoms with Crippen LogP contribution in [0.15, 0.2) is 72.8 Å². The van der Waals surface area contributed by atoms with Gasteiger partial charge in [-0.2, -0.15) is 0 Å². The number of hydrogen-bond acceptors (Lipinski definition) is 5. The molecule has 0 fully saturated rings. The number of Topliss-reactive ketones (excluding diaryl/α,β-unsaturated/α-hetero) is 1. The van der Waals surface area contributed by atoms with Gasteiger partial charge >= 0.3 is 6.36 Å². The summed E-state index contributed by atoms with van der Waals surface area (Å²) in [5.41, 5.74) is 3.49. The molecule has 1 aromatic heterocycles. The van der Waals surface area contributed by atoms with Crippen LogP contribution >= 0.6 is 11.3 Å². The molecule has 174 valence electrons. The number of ketones is 1. The number of alkyl halides is 3. The lowest BCUT2D eigenvalue weighted by molar-refractivity contribution is -0.274. The molecule has 1 heterocycles. The summed E-state index contributed by atoms with van der Waals surface area (Å²) in [6.45, 7) is -0.178. The monoisotopic (exact) mass is 484 g/mol. The van der Waals surface area contributed by atoms with E-state index in [0.29, 0.717) is 10.6 Å². The van der Waals surface area contributed by atoms with Gasteiger partial charge in [-0.25, -0.2) is 4.98 Å². The SMILES string of the molecule is O=C(CNC(=O)Cc1nc2ccc(-c3ccccc3)cc2s1)Cc1ccc(OC(F)(F)F)cc1. The van der Waals surface area contributed by atoms with E-state index in [1.807, 2.05) is 48.5 Å².